The number of phenols is 1. The first-order chi connectivity index (χ1) is 14.8. The number of carbonyl (C=O) groups excluding carboxylic acids is 2. The molecule has 0 aliphatic heterocycles. The number of sulfonamides is 1. The van der Waals surface area contributed by atoms with Crippen LogP contribution in [0, 0.1) is 0 Å². The van der Waals surface area contributed by atoms with Crippen LogP contribution in [0.4, 0.5) is 5.69 Å². The Hall–Kier alpha value is -2.91. The lowest BCUT2D eigenvalue weighted by Gasteiger charge is -2.30. The molecule has 0 unspecified atom stereocenters. The first kappa shape index (κ1) is 22.8. The maximum atomic E-state index is 13.1. The average Bonchev–Trinajstić information content (AvgIpc) is 2.80. The van der Waals surface area contributed by atoms with Gasteiger partial charge < -0.3 is 15.2 Å². The van der Waals surface area contributed by atoms with E-state index in [9.17, 15) is 23.1 Å². The number of phenolic OH excluding ortho intramolecular Hbond substituents is 1. The van der Waals surface area contributed by atoms with E-state index >= 15 is 0 Å². The van der Waals surface area contributed by atoms with Gasteiger partial charge in [-0.2, -0.15) is 4.31 Å². The standard InChI is InChI=1S/C22H26N2O6S/c1-24(16-9-4-3-5-10-16)31(28,29)17-11-6-8-15(14-17)21(26)23-19-13-7-12-18(20(19)25)22(27)30-2/h6-8,11-14,16,25H,3-5,9-10H2,1-2H3,(H,23,26). The summed E-state index contributed by atoms with van der Waals surface area (Å²) >= 11 is 0. The lowest BCUT2D eigenvalue weighted by atomic mass is 9.96. The fourth-order valence-corrected chi connectivity index (χ4v) is 5.18. The number of para-hydroxylation sites is 1. The molecule has 2 N–H and O–H groups in total. The van der Waals surface area contributed by atoms with Crippen LogP contribution in [0.25, 0.3) is 0 Å². The normalized spacial score (nSPS) is 14.9. The third kappa shape index (κ3) is 4.88. The fourth-order valence-electron chi connectivity index (χ4n) is 3.72. The Bertz CT molecular complexity index is 1080. The minimum absolute atomic E-state index is 0.0143. The van der Waals surface area contributed by atoms with Gasteiger partial charge in [0.05, 0.1) is 17.7 Å². The molecular formula is C22H26N2O6S. The van der Waals surface area contributed by atoms with Crippen LogP contribution in [0.5, 0.6) is 5.75 Å². The summed E-state index contributed by atoms with van der Waals surface area (Å²) < 4.78 is 32.2. The number of rotatable bonds is 6. The van der Waals surface area contributed by atoms with Crippen LogP contribution in [0.15, 0.2) is 47.4 Å². The monoisotopic (exact) mass is 446 g/mol. The maximum absolute atomic E-state index is 13.1. The van der Waals surface area contributed by atoms with E-state index in [1.807, 2.05) is 0 Å². The third-order valence-corrected chi connectivity index (χ3v) is 7.46. The van der Waals surface area contributed by atoms with Crippen LogP contribution in [-0.4, -0.2) is 49.9 Å². The summed E-state index contributed by atoms with van der Waals surface area (Å²) in [4.78, 5) is 24.5. The zero-order valence-corrected chi connectivity index (χ0v) is 18.3. The summed E-state index contributed by atoms with van der Waals surface area (Å²) in [6, 6.07) is 9.99. The first-order valence-corrected chi connectivity index (χ1v) is 11.5. The molecule has 2 aromatic carbocycles. The van der Waals surface area contributed by atoms with E-state index in [2.05, 4.69) is 10.1 Å². The zero-order chi connectivity index (χ0) is 22.6. The van der Waals surface area contributed by atoms with Crippen molar-refractivity contribution >= 4 is 27.6 Å². The van der Waals surface area contributed by atoms with Crippen LogP contribution < -0.4 is 5.32 Å². The number of anilines is 1. The second-order valence-electron chi connectivity index (χ2n) is 7.49. The molecular weight excluding hydrogens is 420 g/mol. The quantitative estimate of drug-likeness (QED) is 0.520. The Kier molecular flexibility index (Phi) is 6.97. The van der Waals surface area contributed by atoms with Gasteiger partial charge >= 0.3 is 5.97 Å². The molecule has 2 aromatic rings. The minimum Gasteiger partial charge on any atom is -0.505 e. The Morgan fingerprint density at radius 1 is 1.10 bits per heavy atom. The molecule has 1 aliphatic carbocycles. The molecule has 3 rings (SSSR count). The molecule has 0 aromatic heterocycles. The van der Waals surface area contributed by atoms with E-state index in [-0.39, 0.29) is 27.8 Å². The Morgan fingerprint density at radius 2 is 1.77 bits per heavy atom. The predicted molar refractivity (Wildman–Crippen MR) is 116 cm³/mol. The highest BCUT2D eigenvalue weighted by Gasteiger charge is 2.29. The molecule has 0 spiro atoms. The summed E-state index contributed by atoms with van der Waals surface area (Å²) in [6.45, 7) is 0. The maximum Gasteiger partial charge on any atom is 0.341 e. The topological polar surface area (TPSA) is 113 Å². The van der Waals surface area contributed by atoms with Crippen LogP contribution in [0.2, 0.25) is 0 Å². The van der Waals surface area contributed by atoms with Crippen molar-refractivity contribution < 1.29 is 27.9 Å². The molecule has 0 bridgehead atoms. The summed E-state index contributed by atoms with van der Waals surface area (Å²) in [7, 11) is -0.993. The smallest absolute Gasteiger partial charge is 0.341 e. The molecule has 1 amide bonds. The van der Waals surface area contributed by atoms with Gasteiger partial charge in [0.1, 0.15) is 5.56 Å². The molecule has 9 heteroatoms. The fraction of sp³-hybridized carbons (Fsp3) is 0.364. The number of nitrogens with zero attached hydrogens (tertiary/aromatic N) is 1. The summed E-state index contributed by atoms with van der Waals surface area (Å²) in [6.07, 6.45) is 4.77. The van der Waals surface area contributed by atoms with Gasteiger partial charge in [-0.15, -0.1) is 0 Å². The number of carbonyl (C=O) groups is 2. The molecule has 0 atom stereocenters. The van der Waals surface area contributed by atoms with Crippen LogP contribution in [-0.2, 0) is 14.8 Å². The second-order valence-corrected chi connectivity index (χ2v) is 9.49. The SMILES string of the molecule is COC(=O)c1cccc(NC(=O)c2cccc(S(=O)(=O)N(C)C3CCCCC3)c2)c1O. The Morgan fingerprint density at radius 3 is 2.45 bits per heavy atom. The number of nitrogens with one attached hydrogen (secondary N) is 1. The lowest BCUT2D eigenvalue weighted by molar-refractivity contribution is 0.0597. The predicted octanol–water partition coefficient (Wildman–Crippen LogP) is 3.38. The van der Waals surface area contributed by atoms with E-state index in [0.717, 1.165) is 32.1 Å². The van der Waals surface area contributed by atoms with Crippen LogP contribution in [0.3, 0.4) is 0 Å². The zero-order valence-electron chi connectivity index (χ0n) is 17.5. The summed E-state index contributed by atoms with van der Waals surface area (Å²) in [5.74, 6) is -1.79. The van der Waals surface area contributed by atoms with Gasteiger partial charge in [-0.3, -0.25) is 4.79 Å². The number of methoxy groups -OCH3 is 1. The number of hydrogen-bond donors (Lipinski definition) is 2. The van der Waals surface area contributed by atoms with E-state index < -0.39 is 27.6 Å². The number of aromatic hydroxyl groups is 1. The van der Waals surface area contributed by atoms with Crippen LogP contribution in [0.1, 0.15) is 52.8 Å². The van der Waals surface area contributed by atoms with Gasteiger partial charge in [-0.05, 0) is 43.2 Å². The molecule has 166 valence electrons. The molecule has 0 radical (unpaired) electrons. The van der Waals surface area contributed by atoms with Crippen LogP contribution >= 0.6 is 0 Å². The van der Waals surface area contributed by atoms with Gasteiger partial charge in [0.2, 0.25) is 10.0 Å². The third-order valence-electron chi connectivity index (χ3n) is 5.55. The van der Waals surface area contributed by atoms with E-state index in [1.165, 1.54) is 53.9 Å². The molecule has 1 saturated carbocycles. The average molecular weight is 447 g/mol. The first-order valence-electron chi connectivity index (χ1n) is 10.1. The number of esters is 1. The Balaban J connectivity index is 1.83. The molecule has 0 heterocycles. The highest BCUT2D eigenvalue weighted by atomic mass is 32.2. The van der Waals surface area contributed by atoms with Crippen molar-refractivity contribution in [3.05, 3.63) is 53.6 Å². The van der Waals surface area contributed by atoms with Crippen molar-refractivity contribution in [1.29, 1.82) is 0 Å². The van der Waals surface area contributed by atoms with Gasteiger partial charge in [0.25, 0.3) is 5.91 Å². The van der Waals surface area contributed by atoms with E-state index in [4.69, 9.17) is 0 Å². The van der Waals surface area contributed by atoms with E-state index in [1.54, 1.807) is 7.05 Å². The second kappa shape index (κ2) is 9.49. The minimum atomic E-state index is -3.75. The van der Waals surface area contributed by atoms with Gasteiger partial charge in [-0.25, -0.2) is 13.2 Å². The van der Waals surface area contributed by atoms with Crippen molar-refractivity contribution in [2.24, 2.45) is 0 Å². The highest BCUT2D eigenvalue weighted by Crippen LogP contribution is 2.29. The van der Waals surface area contributed by atoms with Crippen molar-refractivity contribution in [2.75, 3.05) is 19.5 Å². The molecule has 0 saturated heterocycles. The number of benzene rings is 2. The number of hydrogen-bond acceptors (Lipinski definition) is 6. The largest absolute Gasteiger partial charge is 0.505 e. The van der Waals surface area contributed by atoms with E-state index in [0.29, 0.717) is 0 Å². The van der Waals surface area contributed by atoms with Gasteiger partial charge in [-0.1, -0.05) is 31.4 Å². The van der Waals surface area contributed by atoms with Gasteiger partial charge in [0.15, 0.2) is 5.75 Å². The molecule has 8 nitrogen and oxygen atoms in total. The molecule has 1 aliphatic rings. The summed E-state index contributed by atoms with van der Waals surface area (Å²) in [5, 5.41) is 12.8. The molecule has 1 fully saturated rings. The Labute approximate surface area is 181 Å². The summed E-state index contributed by atoms with van der Waals surface area (Å²) in [5.41, 5.74) is 0.0345. The molecule has 31 heavy (non-hydrogen) atoms. The highest BCUT2D eigenvalue weighted by molar-refractivity contribution is 7.89. The number of amides is 1. The van der Waals surface area contributed by atoms with Crippen molar-refractivity contribution in [3.8, 4) is 5.75 Å². The van der Waals surface area contributed by atoms with Crippen molar-refractivity contribution in [3.63, 3.8) is 0 Å². The van der Waals surface area contributed by atoms with Crippen molar-refractivity contribution in [2.45, 2.75) is 43.0 Å². The van der Waals surface area contributed by atoms with Gasteiger partial charge in [0, 0.05) is 18.7 Å². The lowest BCUT2D eigenvalue weighted by Crippen LogP contribution is -2.38. The number of ether oxygens (including phenoxy) is 1. The van der Waals surface area contributed by atoms with Crippen molar-refractivity contribution in [1.82, 2.24) is 4.31 Å².